The van der Waals surface area contributed by atoms with Gasteiger partial charge in [0.05, 0.1) is 10.5 Å². The maximum absolute atomic E-state index is 12.1. The minimum atomic E-state index is -3.53. The monoisotopic (exact) mass is 280 g/mol. The highest BCUT2D eigenvalue weighted by Gasteiger charge is 2.19. The standard InChI is InChI=1S/C13H12O5S/c1-9-3-2-4-12(5-9)19(16,17)8-11-6-10(7-18-11)13(14)15/h2-7H,8H2,1H3,(H,14,15). The molecule has 1 aromatic heterocycles. The molecule has 0 amide bonds. The summed E-state index contributed by atoms with van der Waals surface area (Å²) in [6.45, 7) is 1.80. The minimum absolute atomic E-state index is 0.0607. The first-order valence-electron chi connectivity index (χ1n) is 5.48. The van der Waals surface area contributed by atoms with Crippen molar-refractivity contribution in [3.63, 3.8) is 0 Å². The zero-order chi connectivity index (χ0) is 14.0. The molecule has 0 fully saturated rings. The number of carboxylic acid groups (broad SMARTS) is 1. The molecule has 0 radical (unpaired) electrons. The number of sulfone groups is 1. The number of benzene rings is 1. The summed E-state index contributed by atoms with van der Waals surface area (Å²) in [5.41, 5.74) is 0.779. The van der Waals surface area contributed by atoms with Gasteiger partial charge in [-0.25, -0.2) is 13.2 Å². The summed E-state index contributed by atoms with van der Waals surface area (Å²) in [7, 11) is -3.53. The summed E-state index contributed by atoms with van der Waals surface area (Å²) >= 11 is 0. The fourth-order valence-electron chi connectivity index (χ4n) is 1.65. The average molecular weight is 280 g/mol. The van der Waals surface area contributed by atoms with Crippen LogP contribution < -0.4 is 0 Å². The first-order valence-corrected chi connectivity index (χ1v) is 7.14. The Bertz CT molecular complexity index is 712. The van der Waals surface area contributed by atoms with E-state index in [9.17, 15) is 13.2 Å². The fraction of sp³-hybridized carbons (Fsp3) is 0.154. The smallest absolute Gasteiger partial charge is 0.338 e. The third-order valence-electron chi connectivity index (χ3n) is 2.58. The number of aryl methyl sites for hydroxylation is 1. The second kappa shape index (κ2) is 4.89. The quantitative estimate of drug-likeness (QED) is 0.928. The van der Waals surface area contributed by atoms with Crippen molar-refractivity contribution in [1.29, 1.82) is 0 Å². The van der Waals surface area contributed by atoms with Crippen LogP contribution in [0.4, 0.5) is 0 Å². The number of hydrogen-bond donors (Lipinski definition) is 1. The van der Waals surface area contributed by atoms with E-state index in [-0.39, 0.29) is 22.0 Å². The summed E-state index contributed by atoms with van der Waals surface area (Å²) < 4.78 is 29.2. The molecule has 0 spiro atoms. The molecule has 0 atom stereocenters. The molecule has 0 aliphatic carbocycles. The molecule has 1 aromatic carbocycles. The van der Waals surface area contributed by atoms with Gasteiger partial charge in [-0.15, -0.1) is 0 Å². The van der Waals surface area contributed by atoms with E-state index < -0.39 is 15.8 Å². The maximum atomic E-state index is 12.1. The summed E-state index contributed by atoms with van der Waals surface area (Å²) in [5.74, 6) is -1.40. The van der Waals surface area contributed by atoms with Crippen LogP contribution in [0.25, 0.3) is 0 Å². The summed E-state index contributed by atoms with van der Waals surface area (Å²) in [4.78, 5) is 10.9. The van der Waals surface area contributed by atoms with Gasteiger partial charge in [0.2, 0.25) is 0 Å². The summed E-state index contributed by atoms with van der Waals surface area (Å²) in [5, 5.41) is 8.74. The lowest BCUT2D eigenvalue weighted by molar-refractivity contribution is 0.0696. The molecule has 0 aliphatic rings. The number of carbonyl (C=O) groups is 1. The number of hydrogen-bond acceptors (Lipinski definition) is 4. The van der Waals surface area contributed by atoms with Crippen LogP contribution in [0.5, 0.6) is 0 Å². The summed E-state index contributed by atoms with van der Waals surface area (Å²) in [6.07, 6.45) is 1.03. The van der Waals surface area contributed by atoms with Crippen molar-refractivity contribution in [1.82, 2.24) is 0 Å². The first-order chi connectivity index (χ1) is 8.88. The Kier molecular flexibility index (Phi) is 3.44. The predicted molar refractivity (Wildman–Crippen MR) is 67.7 cm³/mol. The van der Waals surface area contributed by atoms with E-state index >= 15 is 0 Å². The molecule has 0 saturated carbocycles. The van der Waals surface area contributed by atoms with Gasteiger partial charge in [0, 0.05) is 0 Å². The Morgan fingerprint density at radius 2 is 2.05 bits per heavy atom. The van der Waals surface area contributed by atoms with Gasteiger partial charge in [-0.05, 0) is 30.7 Å². The van der Waals surface area contributed by atoms with Gasteiger partial charge in [-0.3, -0.25) is 0 Å². The number of rotatable bonds is 4. The van der Waals surface area contributed by atoms with Gasteiger partial charge in [-0.2, -0.15) is 0 Å². The molecule has 0 unspecified atom stereocenters. The van der Waals surface area contributed by atoms with E-state index in [0.29, 0.717) is 0 Å². The Labute approximate surface area is 110 Å². The van der Waals surface area contributed by atoms with Crippen LogP contribution in [0.15, 0.2) is 45.9 Å². The number of furan rings is 1. The van der Waals surface area contributed by atoms with Crippen molar-refractivity contribution in [3.05, 3.63) is 53.5 Å². The van der Waals surface area contributed by atoms with Gasteiger partial charge in [0.1, 0.15) is 17.8 Å². The van der Waals surface area contributed by atoms with E-state index in [2.05, 4.69) is 0 Å². The average Bonchev–Trinajstić information content (AvgIpc) is 2.77. The normalized spacial score (nSPS) is 11.4. The van der Waals surface area contributed by atoms with Gasteiger partial charge in [0.15, 0.2) is 9.84 Å². The molecule has 6 heteroatoms. The highest BCUT2D eigenvalue weighted by molar-refractivity contribution is 7.90. The van der Waals surface area contributed by atoms with Crippen LogP contribution in [0.3, 0.4) is 0 Å². The van der Waals surface area contributed by atoms with E-state index in [1.54, 1.807) is 25.1 Å². The lowest BCUT2D eigenvalue weighted by Gasteiger charge is -2.03. The van der Waals surface area contributed by atoms with Crippen LogP contribution in [0.2, 0.25) is 0 Å². The molecular weight excluding hydrogens is 268 g/mol. The molecule has 2 rings (SSSR count). The molecule has 2 aromatic rings. The predicted octanol–water partition coefficient (Wildman–Crippen LogP) is 2.26. The zero-order valence-corrected chi connectivity index (χ0v) is 11.0. The van der Waals surface area contributed by atoms with Gasteiger partial charge in [0.25, 0.3) is 0 Å². The van der Waals surface area contributed by atoms with Crippen molar-refractivity contribution < 1.29 is 22.7 Å². The Hall–Kier alpha value is -2.08. The van der Waals surface area contributed by atoms with Crippen molar-refractivity contribution in [2.75, 3.05) is 0 Å². The van der Waals surface area contributed by atoms with Crippen LogP contribution in [0.1, 0.15) is 21.7 Å². The SMILES string of the molecule is Cc1cccc(S(=O)(=O)Cc2cc(C(=O)O)co2)c1. The van der Waals surface area contributed by atoms with Crippen LogP contribution >= 0.6 is 0 Å². The van der Waals surface area contributed by atoms with Crippen molar-refractivity contribution in [3.8, 4) is 0 Å². The van der Waals surface area contributed by atoms with E-state index in [0.717, 1.165) is 11.8 Å². The van der Waals surface area contributed by atoms with Gasteiger partial charge >= 0.3 is 5.97 Å². The lowest BCUT2D eigenvalue weighted by atomic mass is 10.2. The van der Waals surface area contributed by atoms with Crippen molar-refractivity contribution in [2.45, 2.75) is 17.6 Å². The molecule has 100 valence electrons. The van der Waals surface area contributed by atoms with E-state index in [4.69, 9.17) is 9.52 Å². The van der Waals surface area contributed by atoms with E-state index in [1.165, 1.54) is 12.1 Å². The molecule has 1 N–H and O–H groups in total. The van der Waals surface area contributed by atoms with Crippen LogP contribution in [0, 0.1) is 6.92 Å². The molecule has 1 heterocycles. The number of aromatic carboxylic acids is 1. The molecule has 0 bridgehead atoms. The van der Waals surface area contributed by atoms with Gasteiger partial charge < -0.3 is 9.52 Å². The third kappa shape index (κ3) is 3.03. The van der Waals surface area contributed by atoms with Crippen LogP contribution in [-0.2, 0) is 15.6 Å². The maximum Gasteiger partial charge on any atom is 0.338 e. The summed E-state index contributed by atoms with van der Waals surface area (Å²) in [6, 6.07) is 7.75. The molecule has 0 saturated heterocycles. The van der Waals surface area contributed by atoms with Crippen molar-refractivity contribution >= 4 is 15.8 Å². The van der Waals surface area contributed by atoms with Gasteiger partial charge in [-0.1, -0.05) is 12.1 Å². The number of carboxylic acids is 1. The molecular formula is C13H12O5S. The topological polar surface area (TPSA) is 84.6 Å². The zero-order valence-electron chi connectivity index (χ0n) is 10.2. The second-order valence-electron chi connectivity index (χ2n) is 4.18. The molecule has 5 nitrogen and oxygen atoms in total. The lowest BCUT2D eigenvalue weighted by Crippen LogP contribution is -2.04. The fourth-order valence-corrected chi connectivity index (χ4v) is 2.99. The molecule has 0 aliphatic heterocycles. The van der Waals surface area contributed by atoms with Crippen LogP contribution in [-0.4, -0.2) is 19.5 Å². The second-order valence-corrected chi connectivity index (χ2v) is 6.17. The highest BCUT2D eigenvalue weighted by Crippen LogP contribution is 2.19. The largest absolute Gasteiger partial charge is 0.478 e. The molecule has 19 heavy (non-hydrogen) atoms. The third-order valence-corrected chi connectivity index (χ3v) is 4.22. The Morgan fingerprint density at radius 1 is 1.32 bits per heavy atom. The van der Waals surface area contributed by atoms with E-state index in [1.807, 2.05) is 0 Å². The Morgan fingerprint density at radius 3 is 2.63 bits per heavy atom. The Balaban J connectivity index is 2.28. The highest BCUT2D eigenvalue weighted by atomic mass is 32.2. The van der Waals surface area contributed by atoms with Crippen molar-refractivity contribution in [2.24, 2.45) is 0 Å². The first kappa shape index (κ1) is 13.4. The minimum Gasteiger partial charge on any atom is -0.478 e.